The molecule has 2 N–H and O–H groups in total. The van der Waals surface area contributed by atoms with Crippen LogP contribution in [0.25, 0.3) is 11.6 Å². The molecule has 0 saturated carbocycles. The predicted molar refractivity (Wildman–Crippen MR) is 104 cm³/mol. The van der Waals surface area contributed by atoms with E-state index in [0.717, 1.165) is 34.6 Å². The van der Waals surface area contributed by atoms with Crippen molar-refractivity contribution in [2.75, 3.05) is 29.9 Å². The highest BCUT2D eigenvalue weighted by Crippen LogP contribution is 2.35. The van der Waals surface area contributed by atoms with Crippen LogP contribution in [0.15, 0.2) is 36.4 Å². The molecule has 0 aromatic heterocycles. The van der Waals surface area contributed by atoms with E-state index in [1.165, 1.54) is 0 Å². The molecule has 0 radical (unpaired) electrons. The molecule has 4 nitrogen and oxygen atoms in total. The molecule has 1 amide bonds. The highest BCUT2D eigenvalue weighted by atomic mass is 35.5. The van der Waals surface area contributed by atoms with Crippen LogP contribution in [-0.4, -0.2) is 30.7 Å². The maximum Gasteiger partial charge on any atom is 0.256 e. The van der Waals surface area contributed by atoms with E-state index in [9.17, 15) is 9.90 Å². The molecule has 0 fully saturated rings. The number of aliphatic hydroxyl groups excluding tert-OH is 1. The molecule has 1 aliphatic heterocycles. The molecule has 2 aromatic carbocycles. The van der Waals surface area contributed by atoms with E-state index < -0.39 is 0 Å². The minimum absolute atomic E-state index is 0.115. The second kappa shape index (κ2) is 7.30. The Morgan fingerprint density at radius 1 is 1.24 bits per heavy atom. The largest absolute Gasteiger partial charge is 0.395 e. The molecule has 0 unspecified atom stereocenters. The quantitative estimate of drug-likeness (QED) is 0.797. The number of likely N-dealkylation sites (N-methyl/N-ethyl adjacent to an activating group) is 1. The molecule has 25 heavy (non-hydrogen) atoms. The van der Waals surface area contributed by atoms with E-state index in [4.69, 9.17) is 11.6 Å². The van der Waals surface area contributed by atoms with Gasteiger partial charge in [-0.15, -0.1) is 0 Å². The Bertz CT molecular complexity index is 846. The van der Waals surface area contributed by atoms with Gasteiger partial charge in [-0.25, -0.2) is 0 Å². The van der Waals surface area contributed by atoms with E-state index >= 15 is 0 Å². The molecular formula is C20H21ClN2O2. The Morgan fingerprint density at radius 3 is 2.72 bits per heavy atom. The van der Waals surface area contributed by atoms with Crippen molar-refractivity contribution in [2.45, 2.75) is 13.8 Å². The molecule has 5 heteroatoms. The van der Waals surface area contributed by atoms with Gasteiger partial charge in [-0.3, -0.25) is 4.79 Å². The number of halogens is 1. The molecular weight excluding hydrogens is 336 g/mol. The van der Waals surface area contributed by atoms with Crippen LogP contribution in [0, 0.1) is 6.92 Å². The summed E-state index contributed by atoms with van der Waals surface area (Å²) in [5.41, 5.74) is 5.41. The summed E-state index contributed by atoms with van der Waals surface area (Å²) >= 11 is 6.00. The smallest absolute Gasteiger partial charge is 0.256 e. The number of amides is 1. The van der Waals surface area contributed by atoms with Crippen molar-refractivity contribution in [3.8, 4) is 0 Å². The average Bonchev–Trinajstić information content (AvgIpc) is 2.89. The van der Waals surface area contributed by atoms with Gasteiger partial charge in [-0.2, -0.15) is 0 Å². The van der Waals surface area contributed by atoms with Crippen LogP contribution in [0.2, 0.25) is 5.02 Å². The third kappa shape index (κ3) is 3.55. The van der Waals surface area contributed by atoms with Crippen LogP contribution in [0.5, 0.6) is 0 Å². The van der Waals surface area contributed by atoms with Crippen LogP contribution >= 0.6 is 11.6 Å². The van der Waals surface area contributed by atoms with E-state index in [0.29, 0.717) is 17.1 Å². The molecule has 0 bridgehead atoms. The first-order valence-electron chi connectivity index (χ1n) is 8.33. The first kappa shape index (κ1) is 17.5. The molecule has 0 spiro atoms. The summed E-state index contributed by atoms with van der Waals surface area (Å²) in [6.45, 7) is 5.65. The molecule has 3 rings (SSSR count). The monoisotopic (exact) mass is 356 g/mol. The molecule has 0 aliphatic carbocycles. The molecule has 130 valence electrons. The van der Waals surface area contributed by atoms with Gasteiger partial charge in [0.2, 0.25) is 0 Å². The number of fused-ring (bicyclic) bond motifs is 1. The number of carbonyl (C=O) groups excluding carboxylic acids is 1. The first-order valence-corrected chi connectivity index (χ1v) is 8.70. The normalized spacial score (nSPS) is 14.6. The minimum Gasteiger partial charge on any atom is -0.395 e. The molecule has 1 aliphatic rings. The number of nitrogens with zero attached hydrogens (tertiary/aromatic N) is 1. The van der Waals surface area contributed by atoms with Gasteiger partial charge < -0.3 is 15.3 Å². The fourth-order valence-corrected chi connectivity index (χ4v) is 3.25. The first-order chi connectivity index (χ1) is 12.0. The van der Waals surface area contributed by atoms with Gasteiger partial charge in [0.25, 0.3) is 5.91 Å². The molecule has 0 atom stereocenters. The van der Waals surface area contributed by atoms with Crippen LogP contribution in [0.3, 0.4) is 0 Å². The lowest BCUT2D eigenvalue weighted by molar-refractivity contribution is -0.110. The van der Waals surface area contributed by atoms with Crippen molar-refractivity contribution in [3.63, 3.8) is 0 Å². The Balaban J connectivity index is 1.96. The fourth-order valence-electron chi connectivity index (χ4n) is 3.07. The van der Waals surface area contributed by atoms with Crippen molar-refractivity contribution >= 4 is 40.5 Å². The lowest BCUT2D eigenvalue weighted by atomic mass is 10.0. The number of carbonyl (C=O) groups is 1. The Kier molecular flexibility index (Phi) is 5.11. The number of benzene rings is 2. The number of anilines is 2. The number of aryl methyl sites for hydroxylation is 1. The zero-order valence-electron chi connectivity index (χ0n) is 14.3. The zero-order valence-corrected chi connectivity index (χ0v) is 15.1. The van der Waals surface area contributed by atoms with Crippen molar-refractivity contribution < 1.29 is 9.90 Å². The summed E-state index contributed by atoms with van der Waals surface area (Å²) in [6, 6.07) is 11.5. The van der Waals surface area contributed by atoms with E-state index in [2.05, 4.69) is 23.2 Å². The molecule has 1 heterocycles. The van der Waals surface area contributed by atoms with Gasteiger partial charge in [0, 0.05) is 34.9 Å². The predicted octanol–water partition coefficient (Wildman–Crippen LogP) is 3.96. The summed E-state index contributed by atoms with van der Waals surface area (Å²) in [6.07, 6.45) is 1.91. The maximum absolute atomic E-state index is 12.3. The summed E-state index contributed by atoms with van der Waals surface area (Å²) in [5.74, 6) is -0.115. The van der Waals surface area contributed by atoms with Crippen molar-refractivity contribution in [1.82, 2.24) is 0 Å². The number of rotatable bonds is 5. The third-order valence-electron chi connectivity index (χ3n) is 4.43. The summed E-state index contributed by atoms with van der Waals surface area (Å²) in [5, 5.41) is 12.6. The zero-order chi connectivity index (χ0) is 18.0. The second-order valence-electron chi connectivity index (χ2n) is 6.05. The number of hydrogen-bond donors (Lipinski definition) is 2. The fraction of sp³-hybridized carbons (Fsp3) is 0.250. The summed E-state index contributed by atoms with van der Waals surface area (Å²) in [7, 11) is 0. The van der Waals surface area contributed by atoms with Crippen LogP contribution in [0.4, 0.5) is 11.4 Å². The minimum atomic E-state index is -0.115. The Morgan fingerprint density at radius 2 is 2.04 bits per heavy atom. The van der Waals surface area contributed by atoms with Gasteiger partial charge in [-0.05, 0) is 55.3 Å². The van der Waals surface area contributed by atoms with Gasteiger partial charge in [0.15, 0.2) is 0 Å². The second-order valence-corrected chi connectivity index (χ2v) is 6.48. The van der Waals surface area contributed by atoms with Gasteiger partial charge in [0.05, 0.1) is 12.3 Å². The topological polar surface area (TPSA) is 52.6 Å². The van der Waals surface area contributed by atoms with Crippen LogP contribution in [0.1, 0.15) is 23.6 Å². The van der Waals surface area contributed by atoms with E-state index in [1.54, 1.807) is 12.1 Å². The lowest BCUT2D eigenvalue weighted by Crippen LogP contribution is -2.26. The highest BCUT2D eigenvalue weighted by Gasteiger charge is 2.24. The molecule has 0 saturated heterocycles. The summed E-state index contributed by atoms with van der Waals surface area (Å²) in [4.78, 5) is 14.4. The molecule has 2 aromatic rings. The third-order valence-corrected chi connectivity index (χ3v) is 4.67. The number of aliphatic hydroxyl groups is 1. The maximum atomic E-state index is 12.3. The standard InChI is InChI=1S/C20H21ClN2O2/c1-3-23(8-9-24)16-6-4-14(13(2)10-16)11-18-17-7-5-15(21)12-19(17)22-20(18)25/h4-7,10-12,24H,3,8-9H2,1-2H3,(H,22,25)/b18-11+. The van der Waals surface area contributed by atoms with Crippen molar-refractivity contribution in [2.24, 2.45) is 0 Å². The van der Waals surface area contributed by atoms with E-state index in [1.807, 2.05) is 31.2 Å². The highest BCUT2D eigenvalue weighted by molar-refractivity contribution is 6.36. The van der Waals surface area contributed by atoms with Gasteiger partial charge in [-0.1, -0.05) is 23.7 Å². The average molecular weight is 357 g/mol. The van der Waals surface area contributed by atoms with Gasteiger partial charge >= 0.3 is 0 Å². The Labute approximate surface area is 152 Å². The lowest BCUT2D eigenvalue weighted by Gasteiger charge is -2.22. The Hall–Kier alpha value is -2.30. The van der Waals surface area contributed by atoms with Crippen molar-refractivity contribution in [3.05, 3.63) is 58.1 Å². The van der Waals surface area contributed by atoms with E-state index in [-0.39, 0.29) is 12.5 Å². The summed E-state index contributed by atoms with van der Waals surface area (Å²) < 4.78 is 0. The number of nitrogens with one attached hydrogen (secondary N) is 1. The van der Waals surface area contributed by atoms with Crippen LogP contribution in [-0.2, 0) is 4.79 Å². The van der Waals surface area contributed by atoms with Gasteiger partial charge in [0.1, 0.15) is 0 Å². The van der Waals surface area contributed by atoms with Crippen molar-refractivity contribution in [1.29, 1.82) is 0 Å². The SMILES string of the molecule is CCN(CCO)c1ccc(/C=C2/C(=O)Nc3cc(Cl)ccc32)c(C)c1. The van der Waals surface area contributed by atoms with Crippen LogP contribution < -0.4 is 10.2 Å². The number of hydrogen-bond acceptors (Lipinski definition) is 3.